The Kier molecular flexibility index (Phi) is 5.56. The number of nitrogens with zero attached hydrogens (tertiary/aromatic N) is 2. The van der Waals surface area contributed by atoms with Crippen LogP contribution in [0.2, 0.25) is 0 Å². The van der Waals surface area contributed by atoms with Crippen LogP contribution in [-0.2, 0) is 4.74 Å². The molecule has 0 atom stereocenters. The SMILES string of the molecule is C=C(C)COCCNc1ncncc1I. The molecule has 0 fully saturated rings. The Morgan fingerprint density at radius 3 is 3.13 bits per heavy atom. The molecule has 0 radical (unpaired) electrons. The van der Waals surface area contributed by atoms with Crippen LogP contribution in [0.4, 0.5) is 5.82 Å². The normalized spacial score (nSPS) is 10.0. The van der Waals surface area contributed by atoms with E-state index in [1.54, 1.807) is 6.20 Å². The van der Waals surface area contributed by atoms with Crippen molar-refractivity contribution in [1.82, 2.24) is 9.97 Å². The number of nitrogens with one attached hydrogen (secondary N) is 1. The average molecular weight is 319 g/mol. The van der Waals surface area contributed by atoms with Crippen LogP contribution in [0.25, 0.3) is 0 Å². The first-order valence-corrected chi connectivity index (χ1v) is 5.69. The molecule has 1 heterocycles. The highest BCUT2D eigenvalue weighted by molar-refractivity contribution is 14.1. The molecular weight excluding hydrogens is 305 g/mol. The number of halogens is 1. The molecule has 0 unspecified atom stereocenters. The van der Waals surface area contributed by atoms with Crippen LogP contribution in [-0.4, -0.2) is 29.7 Å². The molecule has 15 heavy (non-hydrogen) atoms. The first-order valence-electron chi connectivity index (χ1n) is 4.61. The molecule has 0 amide bonds. The molecule has 4 nitrogen and oxygen atoms in total. The minimum Gasteiger partial charge on any atom is -0.375 e. The minimum atomic E-state index is 0.614. The van der Waals surface area contributed by atoms with E-state index >= 15 is 0 Å². The zero-order chi connectivity index (χ0) is 11.1. The van der Waals surface area contributed by atoms with Crippen LogP contribution in [0.5, 0.6) is 0 Å². The molecule has 0 saturated heterocycles. The second-order valence-corrected chi connectivity index (χ2v) is 4.32. The van der Waals surface area contributed by atoms with Crippen molar-refractivity contribution in [2.75, 3.05) is 25.1 Å². The largest absolute Gasteiger partial charge is 0.375 e. The van der Waals surface area contributed by atoms with Crippen molar-refractivity contribution in [2.24, 2.45) is 0 Å². The van der Waals surface area contributed by atoms with Crippen molar-refractivity contribution in [1.29, 1.82) is 0 Å². The van der Waals surface area contributed by atoms with Gasteiger partial charge < -0.3 is 10.1 Å². The van der Waals surface area contributed by atoms with Crippen LogP contribution in [0.3, 0.4) is 0 Å². The van der Waals surface area contributed by atoms with E-state index < -0.39 is 0 Å². The monoisotopic (exact) mass is 319 g/mol. The number of ether oxygens (including phenoxy) is 1. The van der Waals surface area contributed by atoms with Gasteiger partial charge in [0.15, 0.2) is 0 Å². The Morgan fingerprint density at radius 1 is 1.67 bits per heavy atom. The second kappa shape index (κ2) is 6.73. The molecule has 1 aromatic heterocycles. The fourth-order valence-electron chi connectivity index (χ4n) is 0.931. The lowest BCUT2D eigenvalue weighted by Crippen LogP contribution is -2.12. The van der Waals surface area contributed by atoms with E-state index in [4.69, 9.17) is 4.74 Å². The predicted octanol–water partition coefficient (Wildman–Crippen LogP) is 2.09. The fourth-order valence-corrected chi connectivity index (χ4v) is 1.42. The Bertz CT molecular complexity index is 330. The van der Waals surface area contributed by atoms with Crippen molar-refractivity contribution in [3.05, 3.63) is 28.2 Å². The van der Waals surface area contributed by atoms with Crippen molar-refractivity contribution in [2.45, 2.75) is 6.92 Å². The number of aromatic nitrogens is 2. The molecule has 5 heteroatoms. The summed E-state index contributed by atoms with van der Waals surface area (Å²) in [6.45, 7) is 7.70. The van der Waals surface area contributed by atoms with Crippen molar-refractivity contribution in [3.63, 3.8) is 0 Å². The number of rotatable bonds is 6. The summed E-state index contributed by atoms with van der Waals surface area (Å²) in [5.41, 5.74) is 1.03. The molecule has 0 aliphatic carbocycles. The summed E-state index contributed by atoms with van der Waals surface area (Å²) < 4.78 is 6.36. The van der Waals surface area contributed by atoms with Gasteiger partial charge in [-0.15, -0.1) is 0 Å². The van der Waals surface area contributed by atoms with Crippen LogP contribution in [0.15, 0.2) is 24.7 Å². The number of hydrogen-bond donors (Lipinski definition) is 1. The van der Waals surface area contributed by atoms with Gasteiger partial charge in [-0.25, -0.2) is 9.97 Å². The molecule has 0 aliphatic heterocycles. The topological polar surface area (TPSA) is 47.0 Å². The molecule has 0 aromatic carbocycles. The molecule has 0 saturated carbocycles. The molecule has 82 valence electrons. The van der Waals surface area contributed by atoms with Crippen LogP contribution in [0.1, 0.15) is 6.92 Å². The molecule has 1 rings (SSSR count). The number of hydrogen-bond acceptors (Lipinski definition) is 4. The summed E-state index contributed by atoms with van der Waals surface area (Å²) in [6, 6.07) is 0. The van der Waals surface area contributed by atoms with Crippen LogP contribution < -0.4 is 5.32 Å². The third-order valence-corrected chi connectivity index (χ3v) is 2.34. The van der Waals surface area contributed by atoms with Crippen LogP contribution >= 0.6 is 22.6 Å². The Labute approximate surface area is 103 Å². The van der Waals surface area contributed by atoms with Gasteiger partial charge in [0.2, 0.25) is 0 Å². The minimum absolute atomic E-state index is 0.614. The van der Waals surface area contributed by atoms with E-state index in [-0.39, 0.29) is 0 Å². The van der Waals surface area contributed by atoms with Gasteiger partial charge in [-0.3, -0.25) is 0 Å². The molecule has 0 bridgehead atoms. The fraction of sp³-hybridized carbons (Fsp3) is 0.400. The van der Waals surface area contributed by atoms with Gasteiger partial charge in [-0.05, 0) is 29.5 Å². The maximum atomic E-state index is 5.35. The van der Waals surface area contributed by atoms with Crippen molar-refractivity contribution < 1.29 is 4.74 Å². The highest BCUT2D eigenvalue weighted by Crippen LogP contribution is 2.11. The van der Waals surface area contributed by atoms with Gasteiger partial charge >= 0.3 is 0 Å². The molecule has 0 spiro atoms. The third kappa shape index (κ3) is 5.08. The second-order valence-electron chi connectivity index (χ2n) is 3.16. The van der Waals surface area contributed by atoms with Crippen LogP contribution in [0, 0.1) is 3.57 Å². The average Bonchev–Trinajstić information content (AvgIpc) is 2.20. The number of anilines is 1. The standard InChI is InChI=1S/C10H14IN3O/c1-8(2)6-15-4-3-13-10-9(11)5-12-7-14-10/h5,7H,1,3-4,6H2,2H3,(H,12,13,14). The first kappa shape index (κ1) is 12.4. The van der Waals surface area contributed by atoms with E-state index in [1.165, 1.54) is 6.33 Å². The zero-order valence-corrected chi connectivity index (χ0v) is 10.8. The maximum absolute atomic E-state index is 5.35. The molecular formula is C10H14IN3O. The molecule has 1 N–H and O–H groups in total. The zero-order valence-electron chi connectivity index (χ0n) is 8.66. The summed E-state index contributed by atoms with van der Waals surface area (Å²) in [6.07, 6.45) is 3.30. The maximum Gasteiger partial charge on any atom is 0.142 e. The summed E-state index contributed by atoms with van der Waals surface area (Å²) >= 11 is 2.19. The Hall–Kier alpha value is -0.690. The van der Waals surface area contributed by atoms with Gasteiger partial charge in [-0.2, -0.15) is 0 Å². The van der Waals surface area contributed by atoms with Gasteiger partial charge in [0.25, 0.3) is 0 Å². The van der Waals surface area contributed by atoms with E-state index in [0.717, 1.165) is 21.5 Å². The van der Waals surface area contributed by atoms with Gasteiger partial charge in [0, 0.05) is 12.7 Å². The van der Waals surface area contributed by atoms with Gasteiger partial charge in [0.05, 0.1) is 16.8 Å². The van der Waals surface area contributed by atoms with E-state index in [1.807, 2.05) is 6.92 Å². The predicted molar refractivity (Wildman–Crippen MR) is 68.9 cm³/mol. The lowest BCUT2D eigenvalue weighted by Gasteiger charge is -2.07. The van der Waals surface area contributed by atoms with E-state index in [2.05, 4.69) is 44.5 Å². The Balaban J connectivity index is 2.21. The highest BCUT2D eigenvalue weighted by atomic mass is 127. The quantitative estimate of drug-likeness (QED) is 0.495. The highest BCUT2D eigenvalue weighted by Gasteiger charge is 1.98. The lowest BCUT2D eigenvalue weighted by molar-refractivity contribution is 0.167. The third-order valence-electron chi connectivity index (χ3n) is 1.55. The summed E-state index contributed by atoms with van der Waals surface area (Å²) in [5.74, 6) is 0.851. The Morgan fingerprint density at radius 2 is 2.47 bits per heavy atom. The van der Waals surface area contributed by atoms with E-state index in [9.17, 15) is 0 Å². The molecule has 0 aliphatic rings. The lowest BCUT2D eigenvalue weighted by atomic mass is 10.4. The van der Waals surface area contributed by atoms with Gasteiger partial charge in [0.1, 0.15) is 12.1 Å². The van der Waals surface area contributed by atoms with Crippen molar-refractivity contribution in [3.8, 4) is 0 Å². The van der Waals surface area contributed by atoms with E-state index in [0.29, 0.717) is 13.2 Å². The summed E-state index contributed by atoms with van der Waals surface area (Å²) in [4.78, 5) is 8.02. The van der Waals surface area contributed by atoms with Crippen molar-refractivity contribution >= 4 is 28.4 Å². The molecule has 1 aromatic rings. The van der Waals surface area contributed by atoms with Gasteiger partial charge in [-0.1, -0.05) is 12.2 Å². The summed E-state index contributed by atoms with van der Waals surface area (Å²) in [7, 11) is 0. The smallest absolute Gasteiger partial charge is 0.142 e. The first-order chi connectivity index (χ1) is 7.20. The summed E-state index contributed by atoms with van der Waals surface area (Å²) in [5, 5.41) is 3.17.